The minimum Gasteiger partial charge on any atom is -0.441 e. The molecule has 3 aromatic rings. The molecule has 1 amide bonds. The topological polar surface area (TPSA) is 67.5 Å². The van der Waals surface area contributed by atoms with E-state index in [-0.39, 0.29) is 5.91 Å². The van der Waals surface area contributed by atoms with E-state index >= 15 is 0 Å². The van der Waals surface area contributed by atoms with Gasteiger partial charge in [-0.1, -0.05) is 23.8 Å². The molecule has 0 saturated carbocycles. The van der Waals surface area contributed by atoms with Gasteiger partial charge in [0.2, 0.25) is 0 Å². The number of benzene rings is 2. The van der Waals surface area contributed by atoms with Crippen molar-refractivity contribution in [2.24, 2.45) is 4.99 Å². The van der Waals surface area contributed by atoms with Gasteiger partial charge in [0.05, 0.1) is 10.6 Å². The van der Waals surface area contributed by atoms with E-state index < -0.39 is 0 Å². The van der Waals surface area contributed by atoms with Gasteiger partial charge in [-0.05, 0) is 61.0 Å². The molecule has 0 unspecified atom stereocenters. The summed E-state index contributed by atoms with van der Waals surface area (Å²) in [7, 11) is 0. The number of fused-ring (bicyclic) bond motifs is 1. The number of nitrogens with one attached hydrogen (secondary N) is 1. The van der Waals surface area contributed by atoms with Crippen molar-refractivity contribution in [1.29, 1.82) is 0 Å². The van der Waals surface area contributed by atoms with Crippen molar-refractivity contribution >= 4 is 45.7 Å². The number of aryl methyl sites for hydroxylation is 3. The highest BCUT2D eigenvalue weighted by Crippen LogP contribution is 2.30. The van der Waals surface area contributed by atoms with Gasteiger partial charge in [0.1, 0.15) is 5.52 Å². The van der Waals surface area contributed by atoms with Crippen LogP contribution >= 0.6 is 11.8 Å². The van der Waals surface area contributed by atoms with E-state index in [0.29, 0.717) is 21.5 Å². The fraction of sp³-hybridized carbons (Fsp3) is 0.150. The molecule has 2 aromatic carbocycles. The molecule has 0 aliphatic carbocycles. The van der Waals surface area contributed by atoms with Crippen LogP contribution in [0.25, 0.3) is 17.2 Å². The Labute approximate surface area is 155 Å². The number of nitrogens with zero attached hydrogens (tertiary/aromatic N) is 2. The van der Waals surface area contributed by atoms with E-state index in [1.54, 1.807) is 0 Å². The van der Waals surface area contributed by atoms with Gasteiger partial charge in [0, 0.05) is 6.92 Å². The molecule has 1 aliphatic heterocycles. The molecular formula is C20H17N3O2S. The number of oxazole rings is 1. The van der Waals surface area contributed by atoms with Gasteiger partial charge in [-0.25, -0.2) is 9.98 Å². The average Bonchev–Trinajstić information content (AvgIpc) is 3.11. The smallest absolute Gasteiger partial charge is 0.264 e. The first-order valence-corrected chi connectivity index (χ1v) is 9.03. The Bertz CT molecular complexity index is 1100. The third-order valence-corrected chi connectivity index (χ3v) is 4.95. The molecule has 0 radical (unpaired) electrons. The summed E-state index contributed by atoms with van der Waals surface area (Å²) in [5.41, 5.74) is 5.54. The Morgan fingerprint density at radius 3 is 2.81 bits per heavy atom. The predicted molar refractivity (Wildman–Crippen MR) is 105 cm³/mol. The van der Waals surface area contributed by atoms with E-state index in [9.17, 15) is 4.79 Å². The summed E-state index contributed by atoms with van der Waals surface area (Å²) < 4.78 is 5.55. The monoisotopic (exact) mass is 363 g/mol. The minimum absolute atomic E-state index is 0.146. The molecular weight excluding hydrogens is 346 g/mol. The number of rotatable bonds is 2. The molecule has 2 heterocycles. The van der Waals surface area contributed by atoms with Gasteiger partial charge in [-0.15, -0.1) is 0 Å². The standard InChI is InChI=1S/C20H17N3O2S/c1-11-4-6-15(12(2)8-11)22-20-23-19(24)18(26-20)10-14-5-7-16-17(9-14)25-13(3)21-16/h4-10H,1-3H3,(H,22,23,24)/b18-10+. The van der Waals surface area contributed by atoms with E-state index in [1.165, 1.54) is 17.3 Å². The third-order valence-electron chi connectivity index (χ3n) is 4.04. The van der Waals surface area contributed by atoms with Crippen molar-refractivity contribution in [2.75, 3.05) is 0 Å². The Balaban J connectivity index is 1.62. The second-order valence-corrected chi connectivity index (χ2v) is 7.26. The van der Waals surface area contributed by atoms with E-state index in [4.69, 9.17) is 4.42 Å². The number of aromatic nitrogens is 1. The fourth-order valence-electron chi connectivity index (χ4n) is 2.82. The lowest BCUT2D eigenvalue weighted by atomic mass is 10.1. The average molecular weight is 363 g/mol. The van der Waals surface area contributed by atoms with Gasteiger partial charge in [0.25, 0.3) is 5.91 Å². The van der Waals surface area contributed by atoms with Crippen molar-refractivity contribution in [3.05, 3.63) is 63.9 Å². The number of amidine groups is 1. The summed E-state index contributed by atoms with van der Waals surface area (Å²) in [6.07, 6.45) is 1.84. The first-order valence-electron chi connectivity index (χ1n) is 8.22. The lowest BCUT2D eigenvalue weighted by Crippen LogP contribution is -2.19. The highest BCUT2D eigenvalue weighted by Gasteiger charge is 2.24. The Morgan fingerprint density at radius 1 is 1.15 bits per heavy atom. The summed E-state index contributed by atoms with van der Waals surface area (Å²) in [5, 5.41) is 3.41. The minimum atomic E-state index is -0.146. The molecule has 26 heavy (non-hydrogen) atoms. The summed E-state index contributed by atoms with van der Waals surface area (Å²) in [4.78, 5) is 21.7. The van der Waals surface area contributed by atoms with Crippen molar-refractivity contribution in [2.45, 2.75) is 20.8 Å². The molecule has 1 aliphatic rings. The summed E-state index contributed by atoms with van der Waals surface area (Å²) in [6.45, 7) is 5.87. The number of hydrogen-bond donors (Lipinski definition) is 1. The van der Waals surface area contributed by atoms with Gasteiger partial charge in [0.15, 0.2) is 16.6 Å². The lowest BCUT2D eigenvalue weighted by Gasteiger charge is -2.02. The molecule has 1 aromatic heterocycles. The zero-order valence-electron chi connectivity index (χ0n) is 14.7. The second-order valence-electron chi connectivity index (χ2n) is 6.23. The van der Waals surface area contributed by atoms with Crippen LogP contribution < -0.4 is 5.32 Å². The Kier molecular flexibility index (Phi) is 4.12. The third kappa shape index (κ3) is 3.28. The number of carbonyl (C=O) groups is 1. The highest BCUT2D eigenvalue weighted by molar-refractivity contribution is 8.18. The van der Waals surface area contributed by atoms with Crippen LogP contribution in [0.15, 0.2) is 50.7 Å². The first kappa shape index (κ1) is 16.6. The maximum atomic E-state index is 12.3. The molecule has 1 fully saturated rings. The van der Waals surface area contributed by atoms with Crippen LogP contribution in [0.5, 0.6) is 0 Å². The molecule has 5 nitrogen and oxygen atoms in total. The number of amides is 1. The number of hydrogen-bond acceptors (Lipinski definition) is 5. The molecule has 0 spiro atoms. The largest absolute Gasteiger partial charge is 0.441 e. The summed E-state index contributed by atoms with van der Waals surface area (Å²) >= 11 is 1.34. The van der Waals surface area contributed by atoms with Crippen LogP contribution in [0, 0.1) is 20.8 Å². The number of thioether (sulfide) groups is 1. The van der Waals surface area contributed by atoms with Crippen molar-refractivity contribution in [3.8, 4) is 0 Å². The zero-order chi connectivity index (χ0) is 18.3. The van der Waals surface area contributed by atoms with Crippen LogP contribution in [0.2, 0.25) is 0 Å². The first-order chi connectivity index (χ1) is 12.5. The molecule has 0 atom stereocenters. The van der Waals surface area contributed by atoms with Crippen molar-refractivity contribution in [3.63, 3.8) is 0 Å². The van der Waals surface area contributed by atoms with Crippen LogP contribution in [0.4, 0.5) is 5.69 Å². The fourth-order valence-corrected chi connectivity index (χ4v) is 3.65. The van der Waals surface area contributed by atoms with Crippen LogP contribution in [-0.2, 0) is 4.79 Å². The summed E-state index contributed by atoms with van der Waals surface area (Å²) in [5.74, 6) is 0.480. The van der Waals surface area contributed by atoms with Crippen LogP contribution in [0.3, 0.4) is 0 Å². The lowest BCUT2D eigenvalue weighted by molar-refractivity contribution is -0.115. The van der Waals surface area contributed by atoms with Gasteiger partial charge >= 0.3 is 0 Å². The van der Waals surface area contributed by atoms with Crippen LogP contribution in [-0.4, -0.2) is 16.1 Å². The van der Waals surface area contributed by atoms with Crippen molar-refractivity contribution < 1.29 is 9.21 Å². The van der Waals surface area contributed by atoms with E-state index in [2.05, 4.69) is 21.4 Å². The Morgan fingerprint density at radius 2 is 2.00 bits per heavy atom. The van der Waals surface area contributed by atoms with Crippen molar-refractivity contribution in [1.82, 2.24) is 10.3 Å². The van der Waals surface area contributed by atoms with Crippen LogP contribution in [0.1, 0.15) is 22.6 Å². The predicted octanol–water partition coefficient (Wildman–Crippen LogP) is 4.64. The zero-order valence-corrected chi connectivity index (χ0v) is 15.5. The molecule has 1 N–H and O–H groups in total. The van der Waals surface area contributed by atoms with Gasteiger partial charge in [-0.2, -0.15) is 0 Å². The highest BCUT2D eigenvalue weighted by atomic mass is 32.2. The van der Waals surface area contributed by atoms with E-state index in [1.807, 2.05) is 57.2 Å². The van der Waals surface area contributed by atoms with E-state index in [0.717, 1.165) is 22.3 Å². The molecule has 6 heteroatoms. The molecule has 1 saturated heterocycles. The molecule has 0 bridgehead atoms. The quantitative estimate of drug-likeness (QED) is 0.673. The number of carbonyl (C=O) groups excluding carboxylic acids is 1. The molecule has 130 valence electrons. The van der Waals surface area contributed by atoms with Gasteiger partial charge in [-0.3, -0.25) is 4.79 Å². The SMILES string of the molecule is Cc1ccc(N=C2NC(=O)/C(=C\c3ccc4nc(C)oc4c3)S2)c(C)c1. The maximum absolute atomic E-state index is 12.3. The van der Waals surface area contributed by atoms with Gasteiger partial charge < -0.3 is 9.73 Å². The Hall–Kier alpha value is -2.86. The summed E-state index contributed by atoms with van der Waals surface area (Å²) in [6, 6.07) is 11.7. The molecule has 4 rings (SSSR count). The normalized spacial score (nSPS) is 17.4. The maximum Gasteiger partial charge on any atom is 0.264 e. The second kappa shape index (κ2) is 6.46. The number of aliphatic imine (C=N–C) groups is 1.